The highest BCUT2D eigenvalue weighted by Gasteiger charge is 2.31. The average Bonchev–Trinajstić information content (AvgIpc) is 3.27. The predicted molar refractivity (Wildman–Crippen MR) is 120 cm³/mol. The largest absolute Gasteiger partial charge is 0.439 e. The summed E-state index contributed by atoms with van der Waals surface area (Å²) < 4.78 is 46.7. The number of hydrogen-bond acceptors (Lipinski definition) is 6. The van der Waals surface area contributed by atoms with Gasteiger partial charge in [-0.3, -0.25) is 4.57 Å². The Morgan fingerprint density at radius 2 is 2.03 bits per heavy atom. The number of nitrogens with one attached hydrogen (secondary N) is 2. The number of nitrogens with zero attached hydrogens (tertiary/aromatic N) is 4. The predicted octanol–water partition coefficient (Wildman–Crippen LogP) is 4.84. The zero-order valence-electron chi connectivity index (χ0n) is 18.1. The number of aromatic nitrogens is 3. The van der Waals surface area contributed by atoms with Crippen LogP contribution in [0.1, 0.15) is 22.4 Å². The van der Waals surface area contributed by atoms with Crippen molar-refractivity contribution in [2.24, 2.45) is 0 Å². The van der Waals surface area contributed by atoms with Crippen molar-refractivity contribution in [3.63, 3.8) is 0 Å². The second-order valence-electron chi connectivity index (χ2n) is 7.88. The third kappa shape index (κ3) is 4.51. The molecule has 2 aromatic heterocycles. The first-order valence-electron chi connectivity index (χ1n) is 10.6. The summed E-state index contributed by atoms with van der Waals surface area (Å²) in [5.74, 6) is 0.998. The zero-order valence-corrected chi connectivity index (χ0v) is 18.1. The van der Waals surface area contributed by atoms with Crippen LogP contribution in [-0.2, 0) is 19.1 Å². The molecular weight excluding hydrogens is 461 g/mol. The lowest BCUT2D eigenvalue weighted by molar-refractivity contribution is -0.137. The van der Waals surface area contributed by atoms with Crippen molar-refractivity contribution in [2.75, 3.05) is 11.9 Å². The number of hydrogen-bond donors (Lipinski definition) is 2. The smallest absolute Gasteiger partial charge is 0.416 e. The Balaban J connectivity index is 1.39. The van der Waals surface area contributed by atoms with Gasteiger partial charge in [-0.05, 0) is 55.4 Å². The van der Waals surface area contributed by atoms with Gasteiger partial charge in [0.25, 0.3) is 0 Å². The molecule has 0 radical (unpaired) electrons. The summed E-state index contributed by atoms with van der Waals surface area (Å²) in [5, 5.41) is 15.4. The lowest BCUT2D eigenvalue weighted by Crippen LogP contribution is -2.25. The van der Waals surface area contributed by atoms with Crippen LogP contribution in [0.2, 0.25) is 0 Å². The number of nitriles is 1. The van der Waals surface area contributed by atoms with Crippen LogP contribution in [0.4, 0.5) is 23.7 Å². The van der Waals surface area contributed by atoms with E-state index in [2.05, 4.69) is 20.6 Å². The number of ether oxygens (including phenoxy) is 1. The molecular formula is C24H17F3N6O2. The molecule has 0 atom stereocenters. The molecule has 4 aromatic rings. The Hall–Kier alpha value is -4.43. The molecule has 8 nitrogen and oxygen atoms in total. The molecule has 1 aliphatic heterocycles. The highest BCUT2D eigenvalue weighted by molar-refractivity contribution is 5.99. The molecule has 176 valence electrons. The second kappa shape index (κ2) is 8.73. The van der Waals surface area contributed by atoms with Crippen molar-refractivity contribution in [1.29, 1.82) is 5.26 Å². The van der Waals surface area contributed by atoms with E-state index in [1.807, 2.05) is 0 Å². The summed E-state index contributed by atoms with van der Waals surface area (Å²) in [6, 6.07) is 10.5. The molecule has 11 heteroatoms. The number of alkyl halides is 3. The third-order valence-corrected chi connectivity index (χ3v) is 5.58. The third-order valence-electron chi connectivity index (χ3n) is 5.58. The highest BCUT2D eigenvalue weighted by Crippen LogP contribution is 2.32. The molecule has 0 bridgehead atoms. The van der Waals surface area contributed by atoms with Gasteiger partial charge >= 0.3 is 12.2 Å². The Bertz CT molecular complexity index is 1490. The van der Waals surface area contributed by atoms with E-state index in [9.17, 15) is 18.0 Å². The lowest BCUT2D eigenvalue weighted by atomic mass is 10.1. The number of halogens is 3. The summed E-state index contributed by atoms with van der Waals surface area (Å²) in [7, 11) is 0. The number of anilines is 1. The number of fused-ring (bicyclic) bond motifs is 2. The summed E-state index contributed by atoms with van der Waals surface area (Å²) in [6.07, 6.45) is -0.956. The maximum atomic E-state index is 13.1. The van der Waals surface area contributed by atoms with Gasteiger partial charge in [-0.25, -0.2) is 14.8 Å². The summed E-state index contributed by atoms with van der Waals surface area (Å²) in [4.78, 5) is 21.3. The van der Waals surface area contributed by atoms with Crippen LogP contribution in [0.25, 0.3) is 10.9 Å². The van der Waals surface area contributed by atoms with Crippen LogP contribution in [0.5, 0.6) is 11.6 Å². The first kappa shape index (κ1) is 22.4. The molecule has 2 aromatic carbocycles. The van der Waals surface area contributed by atoms with E-state index in [0.717, 1.165) is 36.4 Å². The number of carbonyl (C=O) groups excluding carboxylic acids is 1. The van der Waals surface area contributed by atoms with Gasteiger partial charge < -0.3 is 15.4 Å². The van der Waals surface area contributed by atoms with Gasteiger partial charge in [0.15, 0.2) is 0 Å². The molecule has 0 saturated carbocycles. The Morgan fingerprint density at radius 3 is 2.83 bits per heavy atom. The van der Waals surface area contributed by atoms with Crippen molar-refractivity contribution in [2.45, 2.75) is 19.1 Å². The van der Waals surface area contributed by atoms with E-state index in [1.54, 1.807) is 30.3 Å². The lowest BCUT2D eigenvalue weighted by Gasteiger charge is -2.18. The minimum Gasteiger partial charge on any atom is -0.439 e. The van der Waals surface area contributed by atoms with Crippen molar-refractivity contribution < 1.29 is 22.7 Å². The Kier molecular flexibility index (Phi) is 5.58. The molecule has 0 unspecified atom stereocenters. The van der Waals surface area contributed by atoms with E-state index in [4.69, 9.17) is 10.00 Å². The first-order valence-corrected chi connectivity index (χ1v) is 10.6. The fraction of sp³-hybridized carbons (Fsp3) is 0.167. The van der Waals surface area contributed by atoms with Gasteiger partial charge in [0, 0.05) is 29.4 Å². The summed E-state index contributed by atoms with van der Waals surface area (Å²) in [5.41, 5.74) is 0.994. The van der Waals surface area contributed by atoms with Crippen molar-refractivity contribution >= 4 is 22.6 Å². The van der Waals surface area contributed by atoms with Gasteiger partial charge in [-0.1, -0.05) is 0 Å². The van der Waals surface area contributed by atoms with Gasteiger partial charge in [-0.2, -0.15) is 18.4 Å². The molecule has 0 spiro atoms. The number of benzene rings is 2. The average molecular weight is 478 g/mol. The van der Waals surface area contributed by atoms with Crippen LogP contribution in [0, 0.1) is 11.3 Å². The monoisotopic (exact) mass is 478 g/mol. The molecule has 5 rings (SSSR count). The van der Waals surface area contributed by atoms with E-state index < -0.39 is 17.8 Å². The van der Waals surface area contributed by atoms with Crippen LogP contribution in [0.15, 0.2) is 55.0 Å². The van der Waals surface area contributed by atoms with Crippen LogP contribution < -0.4 is 15.4 Å². The van der Waals surface area contributed by atoms with E-state index in [1.165, 1.54) is 23.2 Å². The number of carbonyl (C=O) groups is 1. The molecule has 0 fully saturated rings. The molecule has 1 aliphatic rings. The summed E-state index contributed by atoms with van der Waals surface area (Å²) >= 11 is 0. The fourth-order valence-corrected chi connectivity index (χ4v) is 3.93. The first-order chi connectivity index (χ1) is 16.8. The zero-order chi connectivity index (χ0) is 24.6. The minimum atomic E-state index is -4.65. The molecule has 0 saturated heterocycles. The number of rotatable bonds is 3. The van der Waals surface area contributed by atoms with E-state index in [0.29, 0.717) is 29.1 Å². The molecule has 0 aliphatic carbocycles. The van der Waals surface area contributed by atoms with Crippen LogP contribution >= 0.6 is 0 Å². The van der Waals surface area contributed by atoms with E-state index in [-0.39, 0.29) is 11.3 Å². The van der Waals surface area contributed by atoms with Gasteiger partial charge in [0.2, 0.25) is 5.88 Å². The Morgan fingerprint density at radius 1 is 1.17 bits per heavy atom. The Labute approximate surface area is 197 Å². The maximum Gasteiger partial charge on any atom is 0.416 e. The standard InChI is InChI=1S/C24H17F3N6O2/c25-24(26,27)16-7-14(11-28)8-17(10-16)32-23(34)33-6-4-15-9-18(1-2-21(15)33)35-22-19-3-5-29-12-20(19)30-13-31-22/h1-2,4,6-10,13,29H,3,5,12H2,(H,32,34). The van der Waals surface area contributed by atoms with E-state index >= 15 is 0 Å². The highest BCUT2D eigenvalue weighted by atomic mass is 19.4. The van der Waals surface area contributed by atoms with Gasteiger partial charge in [0.1, 0.15) is 12.1 Å². The normalized spacial score (nSPS) is 13.2. The fourth-order valence-electron chi connectivity index (χ4n) is 3.93. The summed E-state index contributed by atoms with van der Waals surface area (Å²) in [6.45, 7) is 1.45. The van der Waals surface area contributed by atoms with Crippen molar-refractivity contribution in [3.8, 4) is 17.7 Å². The minimum absolute atomic E-state index is 0.133. The quantitative estimate of drug-likeness (QED) is 0.437. The molecule has 2 N–H and O–H groups in total. The van der Waals surface area contributed by atoms with Crippen molar-refractivity contribution in [1.82, 2.24) is 19.9 Å². The molecule has 35 heavy (non-hydrogen) atoms. The SMILES string of the molecule is N#Cc1cc(NC(=O)n2ccc3cc(Oc4ncnc5c4CCNC5)ccc32)cc(C(F)(F)F)c1. The molecule has 3 heterocycles. The van der Waals surface area contributed by atoms with Crippen LogP contribution in [0.3, 0.4) is 0 Å². The van der Waals surface area contributed by atoms with Crippen LogP contribution in [-0.4, -0.2) is 27.1 Å². The number of amides is 1. The van der Waals surface area contributed by atoms with Gasteiger partial charge in [-0.15, -0.1) is 0 Å². The molecule has 1 amide bonds. The van der Waals surface area contributed by atoms with Gasteiger partial charge in [0.05, 0.1) is 28.4 Å². The maximum absolute atomic E-state index is 13.1. The topological polar surface area (TPSA) is 105 Å². The second-order valence-corrected chi connectivity index (χ2v) is 7.88. The van der Waals surface area contributed by atoms with Crippen molar-refractivity contribution in [3.05, 3.63) is 77.4 Å².